The zero-order valence-corrected chi connectivity index (χ0v) is 15.0. The number of carbonyl (C=O) groups is 1. The highest BCUT2D eigenvalue weighted by Crippen LogP contribution is 2.74. The molecule has 2 nitrogen and oxygen atoms in total. The van der Waals surface area contributed by atoms with Gasteiger partial charge in [0.15, 0.2) is 0 Å². The zero-order chi connectivity index (χ0) is 16.6. The van der Waals surface area contributed by atoms with E-state index in [0.717, 1.165) is 23.5 Å². The molecule has 0 saturated heterocycles. The molecule has 24 heavy (non-hydrogen) atoms. The monoisotopic (exact) mass is 324 g/mol. The average molecular weight is 324 g/mol. The molecule has 1 aromatic rings. The molecule has 3 fully saturated rings. The van der Waals surface area contributed by atoms with E-state index < -0.39 is 0 Å². The van der Waals surface area contributed by atoms with E-state index in [1.165, 1.54) is 37.5 Å². The van der Waals surface area contributed by atoms with Gasteiger partial charge < -0.3 is 9.53 Å². The molecule has 5 rings (SSSR count). The number of carbonyl (C=O) groups excluding carboxylic acids is 1. The summed E-state index contributed by atoms with van der Waals surface area (Å²) >= 11 is 0. The van der Waals surface area contributed by atoms with E-state index in [4.69, 9.17) is 4.74 Å². The van der Waals surface area contributed by atoms with Crippen LogP contribution in [0.5, 0.6) is 5.75 Å². The van der Waals surface area contributed by atoms with E-state index in [0.29, 0.717) is 23.7 Å². The Morgan fingerprint density at radius 1 is 1.29 bits per heavy atom. The number of methoxy groups -OCH3 is 1. The molecule has 4 aliphatic rings. The van der Waals surface area contributed by atoms with E-state index in [1.807, 2.05) is 0 Å². The third kappa shape index (κ3) is 1.75. The van der Waals surface area contributed by atoms with Crippen LogP contribution in [0, 0.1) is 40.9 Å². The van der Waals surface area contributed by atoms with Crippen molar-refractivity contribution in [3.05, 3.63) is 29.3 Å². The summed E-state index contributed by atoms with van der Waals surface area (Å²) in [6.45, 7) is 4.90. The quantitative estimate of drug-likeness (QED) is 0.750. The van der Waals surface area contributed by atoms with Crippen LogP contribution >= 0.6 is 0 Å². The van der Waals surface area contributed by atoms with Gasteiger partial charge in [0.05, 0.1) is 7.11 Å². The Balaban J connectivity index is 1.56. The largest absolute Gasteiger partial charge is 0.497 e. The molecule has 4 aliphatic carbocycles. The van der Waals surface area contributed by atoms with Crippen LogP contribution < -0.4 is 4.74 Å². The normalized spacial score (nSPS) is 47.9. The number of hydrogen-bond acceptors (Lipinski definition) is 2. The lowest BCUT2D eigenvalue weighted by atomic mass is 9.50. The smallest absolute Gasteiger partial charge is 0.123 e. The lowest BCUT2D eigenvalue weighted by Gasteiger charge is -2.54. The van der Waals surface area contributed by atoms with Crippen molar-refractivity contribution in [1.29, 1.82) is 0 Å². The fourth-order valence-corrected chi connectivity index (χ4v) is 7.33. The highest BCUT2D eigenvalue weighted by atomic mass is 16.5. The zero-order valence-electron chi connectivity index (χ0n) is 15.0. The van der Waals surface area contributed by atoms with Gasteiger partial charge in [-0.2, -0.15) is 0 Å². The fourth-order valence-electron chi connectivity index (χ4n) is 7.33. The van der Waals surface area contributed by atoms with Crippen molar-refractivity contribution in [2.75, 3.05) is 7.11 Å². The third-order valence-electron chi connectivity index (χ3n) is 8.31. The minimum absolute atomic E-state index is 0.273. The summed E-state index contributed by atoms with van der Waals surface area (Å²) < 4.78 is 5.45. The number of fused-ring (bicyclic) bond motifs is 7. The molecule has 0 aliphatic heterocycles. The van der Waals surface area contributed by atoms with E-state index in [-0.39, 0.29) is 5.41 Å². The average Bonchev–Trinajstić information content (AvgIpc) is 3.29. The first kappa shape index (κ1) is 15.0. The summed E-state index contributed by atoms with van der Waals surface area (Å²) in [4.78, 5) is 11.8. The summed E-state index contributed by atoms with van der Waals surface area (Å²) in [6, 6.07) is 6.73. The highest BCUT2D eigenvalue weighted by molar-refractivity contribution is 5.59. The molecule has 0 heterocycles. The van der Waals surface area contributed by atoms with Gasteiger partial charge in [0.25, 0.3) is 0 Å². The van der Waals surface area contributed by atoms with Crippen LogP contribution in [-0.2, 0) is 11.2 Å². The SMILES string of the molecule is COc1ccc2c(c1)C[C@@H](C)[C@H]1[C@H]3[C@@H]4C[C@@H]4[C@@H](C=O)[C@@]3(C)CC[C@H]21. The van der Waals surface area contributed by atoms with Gasteiger partial charge in [-0.15, -0.1) is 0 Å². The predicted octanol–water partition coefficient (Wildman–Crippen LogP) is 4.47. The van der Waals surface area contributed by atoms with E-state index in [9.17, 15) is 4.79 Å². The second-order valence-electron chi connectivity index (χ2n) is 9.23. The van der Waals surface area contributed by atoms with E-state index in [2.05, 4.69) is 32.0 Å². The molecule has 0 N–H and O–H groups in total. The van der Waals surface area contributed by atoms with Gasteiger partial charge in [-0.05, 0) is 89.9 Å². The van der Waals surface area contributed by atoms with Crippen LogP contribution in [-0.4, -0.2) is 13.4 Å². The van der Waals surface area contributed by atoms with Crippen LogP contribution in [0.15, 0.2) is 18.2 Å². The number of rotatable bonds is 2. The van der Waals surface area contributed by atoms with Crippen molar-refractivity contribution in [2.45, 2.75) is 45.4 Å². The van der Waals surface area contributed by atoms with Crippen LogP contribution in [0.25, 0.3) is 0 Å². The molecule has 0 spiro atoms. The summed E-state index contributed by atoms with van der Waals surface area (Å²) in [6.07, 6.45) is 6.29. The Bertz CT molecular complexity index is 695. The Morgan fingerprint density at radius 3 is 2.88 bits per heavy atom. The number of aldehydes is 1. The molecule has 3 saturated carbocycles. The second kappa shape index (κ2) is 4.86. The van der Waals surface area contributed by atoms with Gasteiger partial charge >= 0.3 is 0 Å². The standard InChI is InChI=1S/C22H28O2/c1-12-8-13-9-14(24-3)4-5-15(13)16-6-7-22(2)19(11-23)17-10-18(17)21(22)20(12)16/h4-5,9,11-12,16-21H,6-8,10H2,1-3H3/t12-,16-,17+,18-,19-,20-,21-,22-/m1/s1. The molecule has 0 bridgehead atoms. The van der Waals surface area contributed by atoms with Gasteiger partial charge in [-0.25, -0.2) is 0 Å². The second-order valence-corrected chi connectivity index (χ2v) is 9.23. The molecule has 128 valence electrons. The first-order valence-electron chi connectivity index (χ1n) is 9.70. The molecule has 2 heteroatoms. The van der Waals surface area contributed by atoms with Gasteiger partial charge in [-0.1, -0.05) is 19.9 Å². The summed E-state index contributed by atoms with van der Waals surface area (Å²) in [5.41, 5.74) is 3.35. The highest BCUT2D eigenvalue weighted by Gasteiger charge is 2.69. The molecule has 1 aromatic carbocycles. The Morgan fingerprint density at radius 2 is 2.12 bits per heavy atom. The molecule has 0 aromatic heterocycles. The summed E-state index contributed by atoms with van der Waals surface area (Å²) in [5.74, 6) is 5.81. The maximum Gasteiger partial charge on any atom is 0.123 e. The van der Waals surface area contributed by atoms with E-state index in [1.54, 1.807) is 12.7 Å². The first-order valence-corrected chi connectivity index (χ1v) is 9.70. The van der Waals surface area contributed by atoms with Crippen molar-refractivity contribution in [3.8, 4) is 5.75 Å². The lowest BCUT2D eigenvalue weighted by Crippen LogP contribution is -2.47. The summed E-state index contributed by atoms with van der Waals surface area (Å²) in [5, 5.41) is 0. The topological polar surface area (TPSA) is 26.3 Å². The minimum atomic E-state index is 0.273. The molecular weight excluding hydrogens is 296 g/mol. The number of ether oxygens (including phenoxy) is 1. The molecule has 0 amide bonds. The number of hydrogen-bond donors (Lipinski definition) is 0. The fraction of sp³-hybridized carbons (Fsp3) is 0.682. The van der Waals surface area contributed by atoms with Crippen LogP contribution in [0.1, 0.15) is 50.2 Å². The maximum absolute atomic E-state index is 11.8. The van der Waals surface area contributed by atoms with Gasteiger partial charge in [0.1, 0.15) is 12.0 Å². The Labute approximate surface area is 145 Å². The molecule has 0 radical (unpaired) electrons. The predicted molar refractivity (Wildman–Crippen MR) is 94.1 cm³/mol. The van der Waals surface area contributed by atoms with Crippen molar-refractivity contribution in [1.82, 2.24) is 0 Å². The minimum Gasteiger partial charge on any atom is -0.497 e. The van der Waals surface area contributed by atoms with Crippen LogP contribution in [0.4, 0.5) is 0 Å². The first-order chi connectivity index (χ1) is 11.6. The molecule has 8 atom stereocenters. The molecular formula is C22H28O2. The maximum atomic E-state index is 11.8. The van der Waals surface area contributed by atoms with Crippen LogP contribution in [0.2, 0.25) is 0 Å². The van der Waals surface area contributed by atoms with Gasteiger partial charge in [0, 0.05) is 5.92 Å². The van der Waals surface area contributed by atoms with E-state index >= 15 is 0 Å². The van der Waals surface area contributed by atoms with Gasteiger partial charge in [0.2, 0.25) is 0 Å². The summed E-state index contributed by atoms with van der Waals surface area (Å²) in [7, 11) is 1.76. The Kier molecular flexibility index (Phi) is 3.04. The van der Waals surface area contributed by atoms with Crippen molar-refractivity contribution in [3.63, 3.8) is 0 Å². The van der Waals surface area contributed by atoms with Crippen molar-refractivity contribution in [2.24, 2.45) is 40.9 Å². The number of benzene rings is 1. The van der Waals surface area contributed by atoms with Crippen molar-refractivity contribution >= 4 is 6.29 Å². The van der Waals surface area contributed by atoms with Crippen molar-refractivity contribution < 1.29 is 9.53 Å². The molecule has 0 unspecified atom stereocenters. The lowest BCUT2D eigenvalue weighted by molar-refractivity contribution is -0.118. The van der Waals surface area contributed by atoms with Crippen LogP contribution in [0.3, 0.4) is 0 Å². The van der Waals surface area contributed by atoms with Gasteiger partial charge in [-0.3, -0.25) is 0 Å². The third-order valence-corrected chi connectivity index (χ3v) is 8.31. The Hall–Kier alpha value is -1.31.